The van der Waals surface area contributed by atoms with Crippen molar-refractivity contribution >= 4 is 11.0 Å². The van der Waals surface area contributed by atoms with Crippen molar-refractivity contribution in [1.29, 1.82) is 0 Å². The average Bonchev–Trinajstić information content (AvgIpc) is 2.62. The van der Waals surface area contributed by atoms with Crippen LogP contribution in [0.3, 0.4) is 0 Å². The summed E-state index contributed by atoms with van der Waals surface area (Å²) >= 11 is 0. The van der Waals surface area contributed by atoms with E-state index in [1.165, 1.54) is 10.9 Å². The zero-order valence-corrected chi connectivity index (χ0v) is 10.6. The normalized spacial score (nSPS) is 10.5. The molecule has 1 heteroatoms. The minimum absolute atomic E-state index is 0.981. The first-order chi connectivity index (χ1) is 7.69. The summed E-state index contributed by atoms with van der Waals surface area (Å²) < 4.78 is 5.50. The van der Waals surface area contributed by atoms with E-state index in [1.807, 2.05) is 19.9 Å². The van der Waals surface area contributed by atoms with Gasteiger partial charge in [0.1, 0.15) is 11.3 Å². The molecule has 0 radical (unpaired) electrons. The van der Waals surface area contributed by atoms with Gasteiger partial charge in [-0.1, -0.05) is 37.3 Å². The molecule has 0 saturated heterocycles. The van der Waals surface area contributed by atoms with Crippen LogP contribution < -0.4 is 0 Å². The Morgan fingerprint density at radius 2 is 2.00 bits per heavy atom. The molecule has 0 aliphatic rings. The summed E-state index contributed by atoms with van der Waals surface area (Å²) in [5.74, 6) is 0.981. The second-order valence-electron chi connectivity index (χ2n) is 3.83. The lowest BCUT2D eigenvalue weighted by Crippen LogP contribution is -1.69. The molecule has 0 unspecified atom stereocenters. The van der Waals surface area contributed by atoms with Crippen molar-refractivity contribution in [3.8, 4) is 0 Å². The third-order valence-electron chi connectivity index (χ3n) is 2.34. The molecule has 0 fully saturated rings. The van der Waals surface area contributed by atoms with Gasteiger partial charge in [-0.05, 0) is 38.8 Å². The van der Waals surface area contributed by atoms with Crippen LogP contribution in [0, 0.1) is 13.8 Å². The summed E-state index contributed by atoms with van der Waals surface area (Å²) in [5, 5.41) is 1.20. The zero-order valence-electron chi connectivity index (χ0n) is 10.6. The molecule has 2 aromatic rings. The molecule has 0 bridgehead atoms. The molecule has 1 aromatic carbocycles. The summed E-state index contributed by atoms with van der Waals surface area (Å²) in [6, 6.07) is 8.24. The minimum atomic E-state index is 0.981. The van der Waals surface area contributed by atoms with Crippen LogP contribution >= 0.6 is 0 Å². The molecule has 0 aliphatic heterocycles. The number of aryl methyl sites for hydroxylation is 2. The molecular formula is C15H20O. The number of hydrogen-bond acceptors (Lipinski definition) is 1. The second kappa shape index (κ2) is 6.16. The van der Waals surface area contributed by atoms with Crippen LogP contribution in [0.1, 0.15) is 31.6 Å². The van der Waals surface area contributed by atoms with Crippen LogP contribution in [-0.4, -0.2) is 0 Å². The van der Waals surface area contributed by atoms with Gasteiger partial charge in [-0.15, -0.1) is 0 Å². The zero-order chi connectivity index (χ0) is 12.0. The van der Waals surface area contributed by atoms with Gasteiger partial charge in [-0.25, -0.2) is 0 Å². The van der Waals surface area contributed by atoms with Gasteiger partial charge >= 0.3 is 0 Å². The van der Waals surface area contributed by atoms with E-state index in [1.54, 1.807) is 0 Å². The summed E-state index contributed by atoms with van der Waals surface area (Å²) in [7, 11) is 0. The molecule has 1 aromatic heterocycles. The Bertz CT molecular complexity index is 463. The molecule has 86 valence electrons. The molecule has 1 nitrogen and oxygen atoms in total. The van der Waals surface area contributed by atoms with Crippen LogP contribution in [0.15, 0.2) is 40.8 Å². The Morgan fingerprint density at radius 1 is 1.25 bits per heavy atom. The van der Waals surface area contributed by atoms with Crippen LogP contribution in [-0.2, 0) is 0 Å². The van der Waals surface area contributed by atoms with E-state index in [4.69, 9.17) is 4.42 Å². The summed E-state index contributed by atoms with van der Waals surface area (Å²) in [4.78, 5) is 0. The maximum atomic E-state index is 5.50. The first-order valence-electron chi connectivity index (χ1n) is 5.76. The molecule has 0 atom stereocenters. The molecule has 0 N–H and O–H groups in total. The van der Waals surface area contributed by atoms with Gasteiger partial charge in [0.15, 0.2) is 0 Å². The van der Waals surface area contributed by atoms with Crippen LogP contribution in [0.25, 0.3) is 11.0 Å². The minimum Gasteiger partial charge on any atom is -0.461 e. The van der Waals surface area contributed by atoms with E-state index in [2.05, 4.69) is 44.2 Å². The number of fused-ring (bicyclic) bond motifs is 1. The lowest BCUT2D eigenvalue weighted by Gasteiger charge is -1.90. The molecular weight excluding hydrogens is 196 g/mol. The van der Waals surface area contributed by atoms with Gasteiger partial charge in [0.2, 0.25) is 0 Å². The van der Waals surface area contributed by atoms with Crippen molar-refractivity contribution in [2.24, 2.45) is 0 Å². The van der Waals surface area contributed by atoms with Crippen molar-refractivity contribution in [2.75, 3.05) is 0 Å². The van der Waals surface area contributed by atoms with Crippen LogP contribution in [0.4, 0.5) is 0 Å². The predicted octanol–water partition coefficient (Wildman–Crippen LogP) is 5.02. The van der Waals surface area contributed by atoms with Crippen molar-refractivity contribution in [1.82, 2.24) is 0 Å². The standard InChI is InChI=1S/C10H10O.C5H10/c1-7-4-3-5-9-6-8(2)11-10(7)9;1-3-5-4-2/h3-6H,1-2H3;3,5H,4H2,1-2H3/b;5-3-. The van der Waals surface area contributed by atoms with Crippen LogP contribution in [0.2, 0.25) is 0 Å². The van der Waals surface area contributed by atoms with Crippen molar-refractivity contribution < 1.29 is 4.42 Å². The highest BCUT2D eigenvalue weighted by Crippen LogP contribution is 2.21. The third kappa shape index (κ3) is 3.27. The first-order valence-corrected chi connectivity index (χ1v) is 5.76. The highest BCUT2D eigenvalue weighted by Gasteiger charge is 2.00. The van der Waals surface area contributed by atoms with E-state index in [-0.39, 0.29) is 0 Å². The molecule has 1 heterocycles. The number of allylic oxidation sites excluding steroid dienone is 2. The summed E-state index contributed by atoms with van der Waals surface area (Å²) in [6.07, 6.45) is 5.34. The monoisotopic (exact) mass is 216 g/mol. The average molecular weight is 216 g/mol. The van der Waals surface area contributed by atoms with E-state index >= 15 is 0 Å². The van der Waals surface area contributed by atoms with Gasteiger partial charge in [0, 0.05) is 5.39 Å². The topological polar surface area (TPSA) is 13.1 Å². The molecule has 2 rings (SSSR count). The van der Waals surface area contributed by atoms with Gasteiger partial charge in [-0.2, -0.15) is 0 Å². The van der Waals surface area contributed by atoms with E-state index in [9.17, 15) is 0 Å². The summed E-state index contributed by atoms with van der Waals surface area (Å²) in [6.45, 7) is 8.19. The Balaban J connectivity index is 0.000000221. The number of hydrogen-bond donors (Lipinski definition) is 0. The number of furan rings is 1. The second-order valence-corrected chi connectivity index (χ2v) is 3.83. The summed E-state index contributed by atoms with van der Waals surface area (Å²) in [5.41, 5.74) is 2.22. The van der Waals surface area contributed by atoms with Crippen molar-refractivity contribution in [3.63, 3.8) is 0 Å². The first kappa shape index (κ1) is 12.6. The fourth-order valence-electron chi connectivity index (χ4n) is 1.57. The van der Waals surface area contributed by atoms with Crippen molar-refractivity contribution in [2.45, 2.75) is 34.1 Å². The molecule has 0 spiro atoms. The van der Waals surface area contributed by atoms with Gasteiger partial charge in [-0.3, -0.25) is 0 Å². The quantitative estimate of drug-likeness (QED) is 0.610. The third-order valence-corrected chi connectivity index (χ3v) is 2.34. The van der Waals surface area contributed by atoms with Crippen molar-refractivity contribution in [3.05, 3.63) is 47.7 Å². The Hall–Kier alpha value is -1.50. The molecule has 0 amide bonds. The van der Waals surface area contributed by atoms with E-state index < -0.39 is 0 Å². The van der Waals surface area contributed by atoms with Gasteiger partial charge < -0.3 is 4.42 Å². The lowest BCUT2D eigenvalue weighted by atomic mass is 10.2. The fraction of sp³-hybridized carbons (Fsp3) is 0.333. The van der Waals surface area contributed by atoms with Gasteiger partial charge in [0.05, 0.1) is 0 Å². The number of para-hydroxylation sites is 1. The Kier molecular flexibility index (Phi) is 4.84. The lowest BCUT2D eigenvalue weighted by molar-refractivity contribution is 0.576. The Labute approximate surface area is 97.8 Å². The SMILES string of the molecule is C/C=C\CC.Cc1cc2cccc(C)c2o1. The highest BCUT2D eigenvalue weighted by atomic mass is 16.3. The van der Waals surface area contributed by atoms with Gasteiger partial charge in [0.25, 0.3) is 0 Å². The van der Waals surface area contributed by atoms with E-state index in [0.717, 1.165) is 17.8 Å². The Morgan fingerprint density at radius 3 is 2.50 bits per heavy atom. The van der Waals surface area contributed by atoms with E-state index in [0.29, 0.717) is 0 Å². The molecule has 16 heavy (non-hydrogen) atoms. The maximum absolute atomic E-state index is 5.50. The number of benzene rings is 1. The maximum Gasteiger partial charge on any atom is 0.137 e. The number of rotatable bonds is 1. The smallest absolute Gasteiger partial charge is 0.137 e. The van der Waals surface area contributed by atoms with Crippen LogP contribution in [0.5, 0.6) is 0 Å². The highest BCUT2D eigenvalue weighted by molar-refractivity contribution is 5.80. The largest absolute Gasteiger partial charge is 0.461 e. The predicted molar refractivity (Wildman–Crippen MR) is 70.8 cm³/mol. The molecule has 0 saturated carbocycles. The molecule has 0 aliphatic carbocycles. The fourth-order valence-corrected chi connectivity index (χ4v) is 1.57.